The molecule has 132 valence electrons. The van der Waals surface area contributed by atoms with Gasteiger partial charge in [-0.15, -0.1) is 0 Å². The number of methoxy groups -OCH3 is 1. The van der Waals surface area contributed by atoms with E-state index in [0.29, 0.717) is 13.0 Å². The van der Waals surface area contributed by atoms with Crippen LogP contribution in [0, 0.1) is 0 Å². The monoisotopic (exact) mass is 326 g/mol. The molecular weight excluding hydrogens is 296 g/mol. The number of amides is 2. The van der Waals surface area contributed by atoms with Crippen molar-refractivity contribution < 1.29 is 19.4 Å². The molecule has 2 fully saturated rings. The zero-order valence-corrected chi connectivity index (χ0v) is 14.4. The average Bonchev–Trinajstić information content (AvgIpc) is 2.85. The van der Waals surface area contributed by atoms with Crippen LogP contribution >= 0.6 is 0 Å². The van der Waals surface area contributed by atoms with Gasteiger partial charge < -0.3 is 19.6 Å². The van der Waals surface area contributed by atoms with E-state index in [1.54, 1.807) is 24.0 Å². The zero-order valence-electron chi connectivity index (χ0n) is 14.4. The van der Waals surface area contributed by atoms with Crippen LogP contribution in [0.5, 0.6) is 0 Å². The third-order valence-corrected chi connectivity index (χ3v) is 5.20. The molecule has 2 rings (SSSR count). The summed E-state index contributed by atoms with van der Waals surface area (Å²) in [6.07, 6.45) is 6.13. The highest BCUT2D eigenvalue weighted by molar-refractivity contribution is 5.85. The molecule has 6 heteroatoms. The maximum Gasteiger partial charge on any atom is 0.242 e. The molecule has 0 aromatic carbocycles. The number of nitrogens with zero attached hydrogens (tertiary/aromatic N) is 2. The number of hydrogen-bond acceptors (Lipinski definition) is 4. The van der Waals surface area contributed by atoms with Gasteiger partial charge in [-0.3, -0.25) is 9.59 Å². The van der Waals surface area contributed by atoms with Crippen molar-refractivity contribution >= 4 is 11.8 Å². The van der Waals surface area contributed by atoms with Crippen molar-refractivity contribution in [2.45, 2.75) is 69.6 Å². The number of hydrogen-bond donors (Lipinski definition) is 1. The fraction of sp³-hybridized carbons (Fsp3) is 0.882. The Morgan fingerprint density at radius 1 is 1.26 bits per heavy atom. The Morgan fingerprint density at radius 3 is 2.74 bits per heavy atom. The van der Waals surface area contributed by atoms with Crippen LogP contribution in [-0.4, -0.2) is 72.2 Å². The minimum absolute atomic E-state index is 0.0698. The first-order valence-electron chi connectivity index (χ1n) is 8.79. The Hall–Kier alpha value is -1.14. The van der Waals surface area contributed by atoms with Gasteiger partial charge in [0, 0.05) is 27.1 Å². The van der Waals surface area contributed by atoms with Gasteiger partial charge >= 0.3 is 0 Å². The highest BCUT2D eigenvalue weighted by atomic mass is 16.5. The molecule has 1 saturated carbocycles. The lowest BCUT2D eigenvalue weighted by atomic mass is 10.0. The Bertz CT molecular complexity index is 415. The number of carbonyl (C=O) groups excluding carboxylic acids is 2. The second-order valence-corrected chi connectivity index (χ2v) is 6.75. The highest BCUT2D eigenvalue weighted by Gasteiger charge is 2.35. The van der Waals surface area contributed by atoms with Crippen molar-refractivity contribution in [1.82, 2.24) is 9.80 Å². The van der Waals surface area contributed by atoms with Gasteiger partial charge in [-0.1, -0.05) is 19.3 Å². The van der Waals surface area contributed by atoms with Crippen molar-refractivity contribution in [3.05, 3.63) is 0 Å². The van der Waals surface area contributed by atoms with E-state index in [9.17, 15) is 14.7 Å². The van der Waals surface area contributed by atoms with Gasteiger partial charge in [0.1, 0.15) is 6.10 Å². The van der Waals surface area contributed by atoms with Gasteiger partial charge in [-0.2, -0.15) is 0 Å². The molecule has 6 nitrogen and oxygen atoms in total. The highest BCUT2D eigenvalue weighted by Crippen LogP contribution is 2.24. The van der Waals surface area contributed by atoms with Crippen LogP contribution in [0.3, 0.4) is 0 Å². The molecule has 0 aromatic heterocycles. The van der Waals surface area contributed by atoms with E-state index in [4.69, 9.17) is 4.74 Å². The minimum Gasteiger partial charge on any atom is -0.388 e. The summed E-state index contributed by atoms with van der Waals surface area (Å²) < 4.78 is 5.37. The molecule has 0 spiro atoms. The average molecular weight is 326 g/mol. The van der Waals surface area contributed by atoms with Crippen LogP contribution in [0.25, 0.3) is 0 Å². The van der Waals surface area contributed by atoms with E-state index in [2.05, 4.69) is 0 Å². The van der Waals surface area contributed by atoms with Crippen LogP contribution in [0.1, 0.15) is 51.4 Å². The molecule has 2 amide bonds. The van der Waals surface area contributed by atoms with Gasteiger partial charge in [-0.25, -0.2) is 0 Å². The zero-order chi connectivity index (χ0) is 16.8. The second kappa shape index (κ2) is 8.64. The molecule has 1 aliphatic heterocycles. The van der Waals surface area contributed by atoms with Gasteiger partial charge in [0.25, 0.3) is 0 Å². The Kier molecular flexibility index (Phi) is 6.84. The van der Waals surface area contributed by atoms with Crippen molar-refractivity contribution in [2.75, 3.05) is 27.2 Å². The number of carbonyl (C=O) groups is 2. The second-order valence-electron chi connectivity index (χ2n) is 6.75. The summed E-state index contributed by atoms with van der Waals surface area (Å²) in [5.41, 5.74) is 0. The van der Waals surface area contributed by atoms with Crippen LogP contribution in [0.15, 0.2) is 0 Å². The quantitative estimate of drug-likeness (QED) is 0.787. The lowest BCUT2D eigenvalue weighted by Gasteiger charge is -2.34. The molecule has 23 heavy (non-hydrogen) atoms. The molecule has 1 N–H and O–H groups in total. The third kappa shape index (κ3) is 4.67. The predicted octanol–water partition coefficient (Wildman–Crippen LogP) is 1.17. The lowest BCUT2D eigenvalue weighted by molar-refractivity contribution is -0.143. The van der Waals surface area contributed by atoms with Crippen LogP contribution < -0.4 is 0 Å². The van der Waals surface area contributed by atoms with E-state index in [1.807, 2.05) is 0 Å². The predicted molar refractivity (Wildman–Crippen MR) is 86.9 cm³/mol. The normalized spacial score (nSPS) is 29.8. The first kappa shape index (κ1) is 18.2. The molecular formula is C17H30N2O4. The van der Waals surface area contributed by atoms with E-state index in [0.717, 1.165) is 44.9 Å². The van der Waals surface area contributed by atoms with Crippen molar-refractivity contribution in [3.8, 4) is 0 Å². The number of ether oxygens (including phenoxy) is 1. The number of likely N-dealkylation sites (tertiary alicyclic amines) is 1. The Balaban J connectivity index is 1.98. The minimum atomic E-state index is -0.670. The largest absolute Gasteiger partial charge is 0.388 e. The van der Waals surface area contributed by atoms with Gasteiger partial charge in [0.05, 0.1) is 18.7 Å². The van der Waals surface area contributed by atoms with Crippen LogP contribution in [0.2, 0.25) is 0 Å². The van der Waals surface area contributed by atoms with E-state index >= 15 is 0 Å². The summed E-state index contributed by atoms with van der Waals surface area (Å²) >= 11 is 0. The Morgan fingerprint density at radius 2 is 2.00 bits per heavy atom. The molecule has 0 unspecified atom stereocenters. The fourth-order valence-corrected chi connectivity index (χ4v) is 3.63. The van der Waals surface area contributed by atoms with E-state index in [-0.39, 0.29) is 30.5 Å². The van der Waals surface area contributed by atoms with Crippen molar-refractivity contribution in [3.63, 3.8) is 0 Å². The summed E-state index contributed by atoms with van der Waals surface area (Å²) in [6.45, 7) is 0.780. The van der Waals surface area contributed by atoms with E-state index in [1.165, 1.54) is 0 Å². The summed E-state index contributed by atoms with van der Waals surface area (Å²) in [5, 5.41) is 10.5. The number of aliphatic hydroxyl groups excluding tert-OH is 1. The molecule has 0 radical (unpaired) electrons. The van der Waals surface area contributed by atoms with Gasteiger partial charge in [-0.05, 0) is 25.7 Å². The third-order valence-electron chi connectivity index (χ3n) is 5.20. The van der Waals surface area contributed by atoms with E-state index < -0.39 is 6.10 Å². The van der Waals surface area contributed by atoms with Crippen LogP contribution in [0.4, 0.5) is 0 Å². The molecule has 0 bridgehead atoms. The van der Waals surface area contributed by atoms with Gasteiger partial charge in [0.2, 0.25) is 11.8 Å². The van der Waals surface area contributed by atoms with Gasteiger partial charge in [0.15, 0.2) is 0 Å². The maximum absolute atomic E-state index is 12.6. The smallest absolute Gasteiger partial charge is 0.242 e. The molecule has 1 saturated heterocycles. The lowest BCUT2D eigenvalue weighted by Crippen LogP contribution is -2.51. The maximum atomic E-state index is 12.6. The van der Waals surface area contributed by atoms with Crippen LogP contribution in [-0.2, 0) is 14.3 Å². The molecule has 3 atom stereocenters. The first-order chi connectivity index (χ1) is 11.0. The SMILES string of the molecule is CO[C@@H]1CCCC[C@@H](N(C)C(=O)CN2CCCCCC2=O)[C@H]1O. The topological polar surface area (TPSA) is 70.1 Å². The number of rotatable bonds is 4. The molecule has 1 aliphatic carbocycles. The molecule has 0 aromatic rings. The van der Waals surface area contributed by atoms with Crippen molar-refractivity contribution in [1.29, 1.82) is 0 Å². The molecule has 2 aliphatic rings. The summed E-state index contributed by atoms with van der Waals surface area (Å²) in [5.74, 6) is -0.0264. The van der Waals surface area contributed by atoms with Crippen molar-refractivity contribution in [2.24, 2.45) is 0 Å². The first-order valence-corrected chi connectivity index (χ1v) is 8.79. The standard InChI is InChI=1S/C17H30N2O4/c1-18(13-8-5-6-9-14(23-2)17(13)22)16(21)12-19-11-7-3-4-10-15(19)20/h13-14,17,22H,3-12H2,1-2H3/t13-,14-,17-/m1/s1. The summed E-state index contributed by atoms with van der Waals surface area (Å²) in [6, 6.07) is -0.239. The molecule has 1 heterocycles. The Labute approximate surface area is 138 Å². The number of aliphatic hydroxyl groups is 1. The summed E-state index contributed by atoms with van der Waals surface area (Å²) in [7, 11) is 3.34. The fourth-order valence-electron chi connectivity index (χ4n) is 3.63. The summed E-state index contributed by atoms with van der Waals surface area (Å²) in [4.78, 5) is 27.9. The number of likely N-dealkylation sites (N-methyl/N-ethyl adjacent to an activating group) is 1.